The first-order chi connectivity index (χ1) is 10.7. The second-order valence-electron chi connectivity index (χ2n) is 8.09. The first-order valence-corrected chi connectivity index (χ1v) is 10.4. The van der Waals surface area contributed by atoms with E-state index in [0.717, 1.165) is 32.7 Å². The summed E-state index contributed by atoms with van der Waals surface area (Å²) in [5.74, 6) is 0.271. The molecule has 0 saturated carbocycles. The van der Waals surface area contributed by atoms with Gasteiger partial charge in [-0.2, -0.15) is 0 Å². The largest absolute Gasteiger partial charge is 0.301 e. The van der Waals surface area contributed by atoms with E-state index in [1.165, 1.54) is 11.8 Å². The van der Waals surface area contributed by atoms with Crippen LogP contribution in [0.4, 0.5) is 0 Å². The summed E-state index contributed by atoms with van der Waals surface area (Å²) in [6, 6.07) is 10.6. The molecule has 4 nitrogen and oxygen atoms in total. The molecule has 2 saturated heterocycles. The molecule has 2 aliphatic rings. The molecular formula is C18H28N2O2S. The fourth-order valence-corrected chi connectivity index (χ4v) is 4.95. The lowest BCUT2D eigenvalue weighted by Gasteiger charge is -2.31. The Labute approximate surface area is 140 Å². The predicted octanol–water partition coefficient (Wildman–Crippen LogP) is 1.87. The molecule has 2 unspecified atom stereocenters. The number of rotatable bonds is 5. The number of likely N-dealkylation sites (tertiary alicyclic amines) is 2. The van der Waals surface area contributed by atoms with E-state index in [9.17, 15) is 8.42 Å². The van der Waals surface area contributed by atoms with Crippen molar-refractivity contribution in [2.75, 3.05) is 44.7 Å². The maximum Gasteiger partial charge on any atom is 0.148 e. The van der Waals surface area contributed by atoms with Crippen molar-refractivity contribution in [2.45, 2.75) is 20.4 Å². The summed E-state index contributed by atoms with van der Waals surface area (Å²) < 4.78 is 22.8. The van der Waals surface area contributed by atoms with Gasteiger partial charge in [0.05, 0.1) is 5.75 Å². The minimum absolute atomic E-state index is 0.249. The van der Waals surface area contributed by atoms with Crippen LogP contribution in [0.5, 0.6) is 0 Å². The molecule has 0 aromatic heterocycles. The van der Waals surface area contributed by atoms with Gasteiger partial charge in [0.15, 0.2) is 0 Å². The van der Waals surface area contributed by atoms with Gasteiger partial charge in [-0.15, -0.1) is 0 Å². The van der Waals surface area contributed by atoms with Crippen LogP contribution in [-0.2, 0) is 16.4 Å². The highest BCUT2D eigenvalue weighted by Crippen LogP contribution is 2.51. The fourth-order valence-electron chi connectivity index (χ4n) is 4.36. The van der Waals surface area contributed by atoms with Gasteiger partial charge < -0.3 is 4.90 Å². The topological polar surface area (TPSA) is 40.6 Å². The van der Waals surface area contributed by atoms with Gasteiger partial charge in [0.1, 0.15) is 9.84 Å². The molecule has 2 fully saturated rings. The van der Waals surface area contributed by atoms with Gasteiger partial charge in [0.25, 0.3) is 0 Å². The number of hydrogen-bond acceptors (Lipinski definition) is 4. The van der Waals surface area contributed by atoms with Crippen molar-refractivity contribution >= 4 is 9.84 Å². The van der Waals surface area contributed by atoms with Crippen LogP contribution in [0.15, 0.2) is 30.3 Å². The van der Waals surface area contributed by atoms with E-state index < -0.39 is 9.84 Å². The first-order valence-electron chi connectivity index (χ1n) is 8.36. The Morgan fingerprint density at radius 2 is 1.48 bits per heavy atom. The molecule has 0 N–H and O–H groups in total. The highest BCUT2D eigenvalue weighted by atomic mass is 32.2. The van der Waals surface area contributed by atoms with E-state index in [2.05, 4.69) is 54.0 Å². The molecule has 0 bridgehead atoms. The number of fused-ring (bicyclic) bond motifs is 1. The molecule has 2 aliphatic heterocycles. The zero-order chi connectivity index (χ0) is 16.7. The zero-order valence-corrected chi connectivity index (χ0v) is 15.3. The maximum absolute atomic E-state index is 11.4. The minimum Gasteiger partial charge on any atom is -0.301 e. The third-order valence-corrected chi connectivity index (χ3v) is 6.70. The molecule has 23 heavy (non-hydrogen) atoms. The van der Waals surface area contributed by atoms with Crippen LogP contribution in [0.3, 0.4) is 0 Å². The summed E-state index contributed by atoms with van der Waals surface area (Å²) in [5.41, 5.74) is 1.87. The van der Waals surface area contributed by atoms with E-state index in [0.29, 0.717) is 6.54 Å². The lowest BCUT2D eigenvalue weighted by atomic mass is 9.71. The molecule has 0 radical (unpaired) electrons. The van der Waals surface area contributed by atoms with Crippen molar-refractivity contribution in [1.82, 2.24) is 9.80 Å². The maximum atomic E-state index is 11.4. The third-order valence-electron chi connectivity index (χ3n) is 5.77. The van der Waals surface area contributed by atoms with Crippen molar-refractivity contribution < 1.29 is 8.42 Å². The Bertz CT molecular complexity index is 641. The number of nitrogens with zero attached hydrogens (tertiary/aromatic N) is 2. The number of hydrogen-bond donors (Lipinski definition) is 0. The molecule has 5 heteroatoms. The van der Waals surface area contributed by atoms with Gasteiger partial charge in [-0.1, -0.05) is 44.2 Å². The van der Waals surface area contributed by atoms with E-state index >= 15 is 0 Å². The molecule has 1 aromatic rings. The molecule has 128 valence electrons. The van der Waals surface area contributed by atoms with Crippen molar-refractivity contribution in [3.8, 4) is 0 Å². The summed E-state index contributed by atoms with van der Waals surface area (Å²) in [6.07, 6.45) is 1.33. The Balaban J connectivity index is 1.63. The molecule has 3 rings (SSSR count). The second-order valence-corrected chi connectivity index (χ2v) is 10.4. The lowest BCUT2D eigenvalue weighted by Crippen LogP contribution is -2.34. The van der Waals surface area contributed by atoms with Gasteiger partial charge in [0, 0.05) is 56.4 Å². The van der Waals surface area contributed by atoms with Crippen LogP contribution in [0, 0.1) is 10.8 Å². The minimum atomic E-state index is -2.88. The van der Waals surface area contributed by atoms with Gasteiger partial charge >= 0.3 is 0 Å². The van der Waals surface area contributed by atoms with Crippen molar-refractivity contribution in [1.29, 1.82) is 0 Å². The molecule has 2 atom stereocenters. The fraction of sp³-hybridized carbons (Fsp3) is 0.667. The normalized spacial score (nSPS) is 32.3. The molecule has 1 aromatic carbocycles. The smallest absolute Gasteiger partial charge is 0.148 e. The summed E-state index contributed by atoms with van der Waals surface area (Å²) in [4.78, 5) is 4.91. The Hall–Kier alpha value is -0.910. The zero-order valence-electron chi connectivity index (χ0n) is 14.5. The Morgan fingerprint density at radius 1 is 0.957 bits per heavy atom. The lowest BCUT2D eigenvalue weighted by molar-refractivity contribution is 0.212. The number of benzene rings is 1. The third kappa shape index (κ3) is 3.62. The van der Waals surface area contributed by atoms with Gasteiger partial charge in [0.2, 0.25) is 0 Å². The average Bonchev–Trinajstić information content (AvgIpc) is 2.80. The predicted molar refractivity (Wildman–Crippen MR) is 94.1 cm³/mol. The highest BCUT2D eigenvalue weighted by molar-refractivity contribution is 7.90. The van der Waals surface area contributed by atoms with Crippen LogP contribution in [0.2, 0.25) is 0 Å². The molecule has 0 amide bonds. The van der Waals surface area contributed by atoms with Crippen molar-refractivity contribution in [2.24, 2.45) is 10.8 Å². The summed E-state index contributed by atoms with van der Waals surface area (Å²) in [7, 11) is -2.88. The molecular weight excluding hydrogens is 308 g/mol. The van der Waals surface area contributed by atoms with Gasteiger partial charge in [-0.3, -0.25) is 4.90 Å². The highest BCUT2D eigenvalue weighted by Gasteiger charge is 2.57. The summed E-state index contributed by atoms with van der Waals surface area (Å²) >= 11 is 0. The molecule has 0 aliphatic carbocycles. The van der Waals surface area contributed by atoms with Crippen LogP contribution in [0.25, 0.3) is 0 Å². The number of sulfone groups is 1. The van der Waals surface area contributed by atoms with E-state index in [1.807, 2.05) is 0 Å². The van der Waals surface area contributed by atoms with Crippen LogP contribution < -0.4 is 0 Å². The summed E-state index contributed by atoms with van der Waals surface area (Å²) in [6.45, 7) is 10.6. The standard InChI is InChI=1S/C18H28N2O2S/c1-17-12-19(9-10-23(3,21)22)13-18(17,2)15-20(14-17)11-16-7-5-4-6-8-16/h4-8H,9-15H2,1-3H3. The van der Waals surface area contributed by atoms with Crippen LogP contribution >= 0.6 is 0 Å². The monoisotopic (exact) mass is 336 g/mol. The van der Waals surface area contributed by atoms with Gasteiger partial charge in [-0.25, -0.2) is 8.42 Å². The first kappa shape index (κ1) is 16.9. The van der Waals surface area contributed by atoms with E-state index in [4.69, 9.17) is 0 Å². The van der Waals surface area contributed by atoms with E-state index in [1.54, 1.807) is 0 Å². The summed E-state index contributed by atoms with van der Waals surface area (Å²) in [5, 5.41) is 0. The Morgan fingerprint density at radius 3 is 2.00 bits per heavy atom. The quantitative estimate of drug-likeness (QED) is 0.823. The Kier molecular flexibility index (Phi) is 4.32. The van der Waals surface area contributed by atoms with E-state index in [-0.39, 0.29) is 16.6 Å². The SMILES string of the molecule is CC12CN(CCS(C)(=O)=O)CC1(C)CN(Cc1ccccc1)C2. The molecule has 2 heterocycles. The van der Waals surface area contributed by atoms with Gasteiger partial charge in [-0.05, 0) is 5.56 Å². The van der Waals surface area contributed by atoms with Crippen LogP contribution in [0.1, 0.15) is 19.4 Å². The second kappa shape index (κ2) is 5.87. The molecule has 0 spiro atoms. The average molecular weight is 337 g/mol. The van der Waals surface area contributed by atoms with Crippen molar-refractivity contribution in [3.63, 3.8) is 0 Å². The van der Waals surface area contributed by atoms with Crippen molar-refractivity contribution in [3.05, 3.63) is 35.9 Å². The van der Waals surface area contributed by atoms with Crippen LogP contribution in [-0.4, -0.2) is 63.0 Å².